The molecule has 0 aromatic heterocycles. The first-order valence-electron chi connectivity index (χ1n) is 6.15. The minimum Gasteiger partial charge on any atom is -0.229 e. The second-order valence-corrected chi connectivity index (χ2v) is 7.27. The van der Waals surface area contributed by atoms with Crippen molar-refractivity contribution in [2.24, 2.45) is 5.41 Å². The van der Waals surface area contributed by atoms with Crippen LogP contribution in [0.3, 0.4) is 0 Å². The average molecular weight is 243 g/mol. The molecule has 0 radical (unpaired) electrons. The molecular weight excluding hydrogens is 222 g/mol. The second kappa shape index (κ2) is 5.67. The number of sulfone groups is 1. The summed E-state index contributed by atoms with van der Waals surface area (Å²) in [6.07, 6.45) is 6.79. The van der Waals surface area contributed by atoms with Crippen LogP contribution >= 0.6 is 0 Å². The van der Waals surface area contributed by atoms with Crippen molar-refractivity contribution in [3.8, 4) is 6.07 Å². The number of hydrogen-bond donors (Lipinski definition) is 0. The fourth-order valence-corrected chi connectivity index (χ4v) is 3.31. The molecule has 16 heavy (non-hydrogen) atoms. The van der Waals surface area contributed by atoms with Gasteiger partial charge in [-0.25, -0.2) is 8.42 Å². The van der Waals surface area contributed by atoms with E-state index in [1.165, 1.54) is 12.8 Å². The molecular formula is C12H21NO2S. The maximum Gasteiger partial charge on any atom is 0.150 e. The molecule has 0 N–H and O–H groups in total. The fourth-order valence-electron chi connectivity index (χ4n) is 2.32. The predicted molar refractivity (Wildman–Crippen MR) is 64.7 cm³/mol. The SMILES string of the molecule is CCS(=O)(=O)CCC1(C#N)CCCCCC1. The molecule has 1 aliphatic carbocycles. The minimum atomic E-state index is -2.93. The number of nitriles is 1. The molecule has 0 bridgehead atoms. The van der Waals surface area contributed by atoms with Gasteiger partial charge in [0.2, 0.25) is 0 Å². The Morgan fingerprint density at radius 3 is 2.19 bits per heavy atom. The zero-order chi connectivity index (χ0) is 12.1. The van der Waals surface area contributed by atoms with Crippen molar-refractivity contribution in [3.05, 3.63) is 0 Å². The zero-order valence-electron chi connectivity index (χ0n) is 10.0. The van der Waals surface area contributed by atoms with Gasteiger partial charge in [-0.1, -0.05) is 32.6 Å². The van der Waals surface area contributed by atoms with Crippen molar-refractivity contribution in [2.45, 2.75) is 51.9 Å². The zero-order valence-corrected chi connectivity index (χ0v) is 10.9. The molecule has 3 nitrogen and oxygen atoms in total. The Hall–Kier alpha value is -0.560. The van der Waals surface area contributed by atoms with Crippen LogP contribution in [0, 0.1) is 16.7 Å². The van der Waals surface area contributed by atoms with Crippen LogP contribution in [0.15, 0.2) is 0 Å². The van der Waals surface area contributed by atoms with Crippen LogP contribution in [0.25, 0.3) is 0 Å². The average Bonchev–Trinajstić information content (AvgIpc) is 2.53. The normalized spacial score (nSPS) is 21.0. The van der Waals surface area contributed by atoms with Gasteiger partial charge in [0, 0.05) is 5.75 Å². The van der Waals surface area contributed by atoms with Gasteiger partial charge < -0.3 is 0 Å². The highest BCUT2D eigenvalue weighted by Crippen LogP contribution is 2.37. The highest BCUT2D eigenvalue weighted by atomic mass is 32.2. The van der Waals surface area contributed by atoms with Gasteiger partial charge in [0.05, 0.1) is 17.2 Å². The summed E-state index contributed by atoms with van der Waals surface area (Å²) in [7, 11) is -2.93. The maximum atomic E-state index is 11.5. The van der Waals surface area contributed by atoms with Crippen molar-refractivity contribution in [1.29, 1.82) is 5.26 Å². The van der Waals surface area contributed by atoms with E-state index in [1.54, 1.807) is 6.92 Å². The molecule has 1 rings (SSSR count). The Morgan fingerprint density at radius 1 is 1.19 bits per heavy atom. The third-order valence-electron chi connectivity index (χ3n) is 3.63. The first-order chi connectivity index (χ1) is 7.54. The molecule has 0 spiro atoms. The molecule has 0 unspecified atom stereocenters. The molecule has 0 saturated heterocycles. The van der Waals surface area contributed by atoms with E-state index in [-0.39, 0.29) is 16.9 Å². The molecule has 92 valence electrons. The minimum absolute atomic E-state index is 0.178. The van der Waals surface area contributed by atoms with Gasteiger partial charge in [0.15, 0.2) is 0 Å². The van der Waals surface area contributed by atoms with E-state index in [9.17, 15) is 13.7 Å². The summed E-state index contributed by atoms with van der Waals surface area (Å²) in [6, 6.07) is 2.39. The molecule has 0 atom stereocenters. The van der Waals surface area contributed by atoms with Gasteiger partial charge in [-0.15, -0.1) is 0 Å². The van der Waals surface area contributed by atoms with Crippen molar-refractivity contribution in [1.82, 2.24) is 0 Å². The van der Waals surface area contributed by atoms with E-state index in [1.807, 2.05) is 0 Å². The van der Waals surface area contributed by atoms with E-state index in [0.717, 1.165) is 25.7 Å². The lowest BCUT2D eigenvalue weighted by Crippen LogP contribution is -2.23. The smallest absolute Gasteiger partial charge is 0.150 e. The first-order valence-corrected chi connectivity index (χ1v) is 7.97. The summed E-state index contributed by atoms with van der Waals surface area (Å²) in [6.45, 7) is 1.67. The lowest BCUT2D eigenvalue weighted by molar-refractivity contribution is 0.329. The number of hydrogen-bond acceptors (Lipinski definition) is 3. The van der Waals surface area contributed by atoms with Crippen molar-refractivity contribution >= 4 is 9.84 Å². The molecule has 0 aliphatic heterocycles. The summed E-state index contributed by atoms with van der Waals surface area (Å²) >= 11 is 0. The predicted octanol–water partition coefficient (Wildman–Crippen LogP) is 2.68. The van der Waals surface area contributed by atoms with E-state index >= 15 is 0 Å². The largest absolute Gasteiger partial charge is 0.229 e. The molecule has 1 saturated carbocycles. The first kappa shape index (κ1) is 13.5. The Labute approximate surface area is 98.8 Å². The molecule has 4 heteroatoms. The highest BCUT2D eigenvalue weighted by molar-refractivity contribution is 7.91. The number of nitrogens with zero attached hydrogens (tertiary/aromatic N) is 1. The quantitative estimate of drug-likeness (QED) is 0.713. The lowest BCUT2D eigenvalue weighted by atomic mass is 9.79. The molecule has 0 heterocycles. The van der Waals surface area contributed by atoms with Gasteiger partial charge >= 0.3 is 0 Å². The van der Waals surface area contributed by atoms with Crippen LogP contribution < -0.4 is 0 Å². The van der Waals surface area contributed by atoms with E-state index in [4.69, 9.17) is 0 Å². The Kier molecular flexibility index (Phi) is 4.79. The van der Waals surface area contributed by atoms with E-state index in [2.05, 4.69) is 6.07 Å². The lowest BCUT2D eigenvalue weighted by Gasteiger charge is -2.24. The Morgan fingerprint density at radius 2 is 1.75 bits per heavy atom. The van der Waals surface area contributed by atoms with Gasteiger partial charge in [-0.3, -0.25) is 0 Å². The van der Waals surface area contributed by atoms with Crippen LogP contribution in [0.1, 0.15) is 51.9 Å². The van der Waals surface area contributed by atoms with Crippen LogP contribution in [-0.4, -0.2) is 19.9 Å². The van der Waals surface area contributed by atoms with Gasteiger partial charge in [0.1, 0.15) is 9.84 Å². The van der Waals surface area contributed by atoms with E-state index < -0.39 is 9.84 Å². The standard InChI is InChI=1S/C12H21NO2S/c1-2-16(14,15)10-9-12(11-13)7-5-3-4-6-8-12/h2-10H2,1H3. The monoisotopic (exact) mass is 243 g/mol. The van der Waals surface area contributed by atoms with Gasteiger partial charge in [0.25, 0.3) is 0 Å². The molecule has 0 aromatic rings. The summed E-state index contributed by atoms with van der Waals surface area (Å²) in [5.74, 6) is 0.367. The van der Waals surface area contributed by atoms with Crippen LogP contribution in [0.2, 0.25) is 0 Å². The van der Waals surface area contributed by atoms with Gasteiger partial charge in [-0.05, 0) is 19.3 Å². The van der Waals surface area contributed by atoms with Crippen molar-refractivity contribution in [3.63, 3.8) is 0 Å². The van der Waals surface area contributed by atoms with Crippen molar-refractivity contribution < 1.29 is 8.42 Å². The third kappa shape index (κ3) is 3.79. The summed E-state index contributed by atoms with van der Waals surface area (Å²) < 4.78 is 23.0. The second-order valence-electron chi connectivity index (χ2n) is 4.79. The van der Waals surface area contributed by atoms with Gasteiger partial charge in [-0.2, -0.15) is 5.26 Å². The molecule has 1 fully saturated rings. The summed E-state index contributed by atoms with van der Waals surface area (Å²) in [5.41, 5.74) is -0.362. The van der Waals surface area contributed by atoms with Crippen LogP contribution in [0.4, 0.5) is 0 Å². The van der Waals surface area contributed by atoms with E-state index in [0.29, 0.717) is 6.42 Å². The number of rotatable bonds is 4. The van der Waals surface area contributed by atoms with Crippen molar-refractivity contribution in [2.75, 3.05) is 11.5 Å². The van der Waals surface area contributed by atoms with Crippen LogP contribution in [0.5, 0.6) is 0 Å². The van der Waals surface area contributed by atoms with Crippen LogP contribution in [-0.2, 0) is 9.84 Å². The Balaban J connectivity index is 2.63. The summed E-state index contributed by atoms with van der Waals surface area (Å²) in [4.78, 5) is 0. The third-order valence-corrected chi connectivity index (χ3v) is 5.34. The highest BCUT2D eigenvalue weighted by Gasteiger charge is 2.31. The Bertz CT molecular complexity index is 346. The molecule has 0 amide bonds. The fraction of sp³-hybridized carbons (Fsp3) is 0.917. The summed E-state index contributed by atoms with van der Waals surface area (Å²) in [5, 5.41) is 9.29. The molecule has 0 aromatic carbocycles. The topological polar surface area (TPSA) is 57.9 Å². The maximum absolute atomic E-state index is 11.5. The molecule has 1 aliphatic rings.